The third-order valence-electron chi connectivity index (χ3n) is 5.10. The van der Waals surface area contributed by atoms with Crippen LogP contribution >= 0.6 is 0 Å². The largest absolute Gasteiger partial charge is 0.505 e. The lowest BCUT2D eigenvalue weighted by Crippen LogP contribution is -2.26. The third-order valence-corrected chi connectivity index (χ3v) is 5.10. The van der Waals surface area contributed by atoms with Gasteiger partial charge in [0.1, 0.15) is 6.61 Å². The SMILES string of the molecule is O=C(NCCC#Cc1cc(O)c(F)c(F)c1)OCC1c2ccccc2-c2ccccc21. The number of aromatic hydroxyl groups is 1. The van der Waals surface area contributed by atoms with Gasteiger partial charge in [-0.05, 0) is 34.4 Å². The first-order valence-electron chi connectivity index (χ1n) is 9.80. The molecule has 0 fully saturated rings. The zero-order valence-electron chi connectivity index (χ0n) is 16.5. The minimum atomic E-state index is -1.30. The van der Waals surface area contributed by atoms with E-state index in [0.29, 0.717) is 0 Å². The Morgan fingerprint density at radius 1 is 1.03 bits per heavy atom. The van der Waals surface area contributed by atoms with Gasteiger partial charge in [-0.15, -0.1) is 0 Å². The Bertz CT molecular complexity index is 1130. The van der Waals surface area contributed by atoms with Crippen molar-refractivity contribution < 1.29 is 23.4 Å². The number of phenolic OH excluding ortho intramolecular Hbond substituents is 1. The van der Waals surface area contributed by atoms with Crippen molar-refractivity contribution in [1.29, 1.82) is 0 Å². The number of carbonyl (C=O) groups is 1. The van der Waals surface area contributed by atoms with Crippen LogP contribution in [0.2, 0.25) is 0 Å². The summed E-state index contributed by atoms with van der Waals surface area (Å²) < 4.78 is 31.7. The molecule has 1 aliphatic rings. The maximum absolute atomic E-state index is 13.2. The summed E-state index contributed by atoms with van der Waals surface area (Å²) in [6.07, 6.45) is -0.265. The molecule has 0 aromatic heterocycles. The fourth-order valence-corrected chi connectivity index (χ4v) is 3.69. The molecule has 3 aromatic rings. The molecular weight excluding hydrogens is 400 g/mol. The van der Waals surface area contributed by atoms with Crippen LogP contribution in [0.15, 0.2) is 60.7 Å². The first kappa shape index (κ1) is 20.4. The summed E-state index contributed by atoms with van der Waals surface area (Å²) in [5, 5.41) is 11.9. The van der Waals surface area contributed by atoms with E-state index in [1.807, 2.05) is 36.4 Å². The van der Waals surface area contributed by atoms with Crippen LogP contribution in [0.3, 0.4) is 0 Å². The monoisotopic (exact) mass is 419 g/mol. The highest BCUT2D eigenvalue weighted by atomic mass is 19.2. The van der Waals surface area contributed by atoms with Gasteiger partial charge in [0, 0.05) is 24.4 Å². The zero-order chi connectivity index (χ0) is 21.8. The van der Waals surface area contributed by atoms with Gasteiger partial charge in [-0.2, -0.15) is 4.39 Å². The minimum Gasteiger partial charge on any atom is -0.505 e. The highest BCUT2D eigenvalue weighted by Crippen LogP contribution is 2.44. The van der Waals surface area contributed by atoms with E-state index in [4.69, 9.17) is 4.74 Å². The summed E-state index contributed by atoms with van der Waals surface area (Å²) in [4.78, 5) is 12.1. The number of halogens is 2. The topological polar surface area (TPSA) is 58.6 Å². The van der Waals surface area contributed by atoms with E-state index in [0.717, 1.165) is 34.4 Å². The molecule has 1 aliphatic carbocycles. The number of phenols is 1. The Kier molecular flexibility index (Phi) is 5.85. The average molecular weight is 419 g/mol. The molecule has 0 aliphatic heterocycles. The minimum absolute atomic E-state index is 0.0148. The fourth-order valence-electron chi connectivity index (χ4n) is 3.69. The number of rotatable bonds is 4. The van der Waals surface area contributed by atoms with Gasteiger partial charge in [0.2, 0.25) is 0 Å². The van der Waals surface area contributed by atoms with Crippen LogP contribution in [0.25, 0.3) is 11.1 Å². The smallest absolute Gasteiger partial charge is 0.407 e. The molecule has 2 N–H and O–H groups in total. The van der Waals surface area contributed by atoms with Crippen molar-refractivity contribution in [2.24, 2.45) is 0 Å². The molecule has 4 rings (SSSR count). The molecule has 0 saturated carbocycles. The summed E-state index contributed by atoms with van der Waals surface area (Å²) in [7, 11) is 0. The van der Waals surface area contributed by atoms with Crippen LogP contribution in [0.1, 0.15) is 29.0 Å². The van der Waals surface area contributed by atoms with Crippen LogP contribution in [0.4, 0.5) is 13.6 Å². The zero-order valence-corrected chi connectivity index (χ0v) is 16.5. The molecule has 0 saturated heterocycles. The van der Waals surface area contributed by atoms with Crippen molar-refractivity contribution in [3.05, 3.63) is 89.0 Å². The molecule has 3 aromatic carbocycles. The molecule has 6 heteroatoms. The summed E-state index contributed by atoms with van der Waals surface area (Å²) in [6.45, 7) is 0.457. The summed E-state index contributed by atoms with van der Waals surface area (Å²) in [5.41, 5.74) is 4.74. The Hall–Kier alpha value is -3.85. The van der Waals surface area contributed by atoms with Crippen LogP contribution < -0.4 is 5.32 Å². The third kappa shape index (κ3) is 4.36. The summed E-state index contributed by atoms with van der Waals surface area (Å²) >= 11 is 0. The van der Waals surface area contributed by atoms with Gasteiger partial charge in [-0.25, -0.2) is 9.18 Å². The lowest BCUT2D eigenvalue weighted by atomic mass is 9.98. The van der Waals surface area contributed by atoms with Gasteiger partial charge in [-0.3, -0.25) is 0 Å². The highest BCUT2D eigenvalue weighted by Gasteiger charge is 2.28. The maximum atomic E-state index is 13.2. The van der Waals surface area contributed by atoms with Gasteiger partial charge in [0.15, 0.2) is 17.4 Å². The van der Waals surface area contributed by atoms with E-state index in [-0.39, 0.29) is 31.1 Å². The number of fused-ring (bicyclic) bond motifs is 3. The predicted molar refractivity (Wildman–Crippen MR) is 113 cm³/mol. The van der Waals surface area contributed by atoms with Gasteiger partial charge in [0.25, 0.3) is 0 Å². The van der Waals surface area contributed by atoms with Crippen LogP contribution in [0.5, 0.6) is 5.75 Å². The van der Waals surface area contributed by atoms with Gasteiger partial charge >= 0.3 is 6.09 Å². The lowest BCUT2D eigenvalue weighted by molar-refractivity contribution is 0.143. The Labute approximate surface area is 178 Å². The molecule has 1 amide bonds. The fraction of sp³-hybridized carbons (Fsp3) is 0.160. The van der Waals surface area contributed by atoms with Crippen molar-refractivity contribution in [2.45, 2.75) is 12.3 Å². The Morgan fingerprint density at radius 2 is 1.68 bits per heavy atom. The molecular formula is C25H19F2NO3. The predicted octanol–water partition coefficient (Wildman–Crippen LogP) is 4.95. The number of benzene rings is 3. The van der Waals surface area contributed by atoms with E-state index < -0.39 is 23.5 Å². The molecule has 4 nitrogen and oxygen atoms in total. The molecule has 0 unspecified atom stereocenters. The second-order valence-corrected chi connectivity index (χ2v) is 7.10. The molecule has 156 valence electrons. The molecule has 31 heavy (non-hydrogen) atoms. The van der Waals surface area contributed by atoms with E-state index in [1.165, 1.54) is 0 Å². The Morgan fingerprint density at radius 3 is 2.32 bits per heavy atom. The highest BCUT2D eigenvalue weighted by molar-refractivity contribution is 5.79. The quantitative estimate of drug-likeness (QED) is 0.465. The maximum Gasteiger partial charge on any atom is 0.407 e. The van der Waals surface area contributed by atoms with Crippen LogP contribution in [0, 0.1) is 23.5 Å². The van der Waals surface area contributed by atoms with Gasteiger partial charge < -0.3 is 15.2 Å². The van der Waals surface area contributed by atoms with Crippen molar-refractivity contribution in [3.8, 4) is 28.7 Å². The number of carbonyl (C=O) groups excluding carboxylic acids is 1. The number of ether oxygens (including phenoxy) is 1. The molecule has 0 bridgehead atoms. The normalized spacial score (nSPS) is 11.8. The standard InChI is InChI=1S/C25H19F2NO3/c26-22-13-16(14-23(29)24(22)27)7-5-6-12-28-25(30)31-15-21-19-10-3-1-8-17(19)18-9-2-4-11-20(18)21/h1-4,8-11,13-14,21,29H,6,12,15H2,(H,28,30). The second kappa shape index (κ2) is 8.88. The summed E-state index contributed by atoms with van der Waals surface area (Å²) in [5.74, 6) is 2.08. The first-order valence-corrected chi connectivity index (χ1v) is 9.80. The van der Waals surface area contributed by atoms with Gasteiger partial charge in [-0.1, -0.05) is 60.4 Å². The van der Waals surface area contributed by atoms with Crippen molar-refractivity contribution >= 4 is 6.09 Å². The van der Waals surface area contributed by atoms with Crippen molar-refractivity contribution in [1.82, 2.24) is 5.32 Å². The van der Waals surface area contributed by atoms with Crippen molar-refractivity contribution in [3.63, 3.8) is 0 Å². The number of hydrogen-bond acceptors (Lipinski definition) is 3. The number of nitrogens with one attached hydrogen (secondary N) is 1. The number of amides is 1. The summed E-state index contributed by atoms with van der Waals surface area (Å²) in [6, 6.07) is 18.1. The van der Waals surface area contributed by atoms with E-state index in [2.05, 4.69) is 29.3 Å². The van der Waals surface area contributed by atoms with Crippen LogP contribution in [-0.4, -0.2) is 24.4 Å². The number of hydrogen-bond donors (Lipinski definition) is 2. The molecule has 0 radical (unpaired) electrons. The van der Waals surface area contributed by atoms with E-state index >= 15 is 0 Å². The Balaban J connectivity index is 1.29. The van der Waals surface area contributed by atoms with E-state index in [9.17, 15) is 18.7 Å². The molecule has 0 atom stereocenters. The second-order valence-electron chi connectivity index (χ2n) is 7.10. The first-order chi connectivity index (χ1) is 15.0. The molecule has 0 spiro atoms. The lowest BCUT2D eigenvalue weighted by Gasteiger charge is -2.14. The van der Waals surface area contributed by atoms with Gasteiger partial charge in [0.05, 0.1) is 0 Å². The average Bonchev–Trinajstić information content (AvgIpc) is 3.09. The molecule has 0 heterocycles. The van der Waals surface area contributed by atoms with Crippen molar-refractivity contribution in [2.75, 3.05) is 13.2 Å². The van der Waals surface area contributed by atoms with E-state index in [1.54, 1.807) is 0 Å². The number of alkyl carbamates (subject to hydrolysis) is 1. The van der Waals surface area contributed by atoms with Crippen LogP contribution in [-0.2, 0) is 4.74 Å².